The van der Waals surface area contributed by atoms with E-state index in [1.165, 1.54) is 0 Å². The highest BCUT2D eigenvalue weighted by Crippen LogP contribution is 2.29. The van der Waals surface area contributed by atoms with Crippen LogP contribution in [0.3, 0.4) is 0 Å². The van der Waals surface area contributed by atoms with Gasteiger partial charge in [0.1, 0.15) is 5.75 Å². The molecule has 3 aromatic carbocycles. The van der Waals surface area contributed by atoms with E-state index < -0.39 is 0 Å². The Balaban J connectivity index is 0.000000320. The fourth-order valence-corrected chi connectivity index (χ4v) is 4.23. The minimum atomic E-state index is -0.228. The molecule has 4 rings (SSSR count). The number of carbonyl (C=O) groups excluding carboxylic acids is 1. The molecule has 0 spiro atoms. The standard InChI is InChI=1S/C22H26O4.C7H6Cl2/c23-22(20-7-3-1-4-8-20)25-16-19-13-11-18(12-14-19)15-24-17-26-21-9-5-2-6-10-21;1-5-2-3-6(8)4-7(5)9/h1-10,18-19H,11-17H2;2-4H,1H3. The predicted molar refractivity (Wildman–Crippen MR) is 141 cm³/mol. The van der Waals surface area contributed by atoms with Crippen molar-refractivity contribution in [2.75, 3.05) is 20.0 Å². The van der Waals surface area contributed by atoms with Gasteiger partial charge < -0.3 is 14.2 Å². The Bertz CT molecular complexity index is 1020. The van der Waals surface area contributed by atoms with E-state index in [-0.39, 0.29) is 5.97 Å². The van der Waals surface area contributed by atoms with Crippen molar-refractivity contribution in [1.29, 1.82) is 0 Å². The molecule has 1 fully saturated rings. The normalized spacial score (nSPS) is 17.1. The minimum absolute atomic E-state index is 0.228. The Hall–Kier alpha value is -2.53. The van der Waals surface area contributed by atoms with Crippen LogP contribution in [-0.4, -0.2) is 26.0 Å². The smallest absolute Gasteiger partial charge is 0.338 e. The maximum Gasteiger partial charge on any atom is 0.338 e. The number of ether oxygens (including phenoxy) is 3. The Morgan fingerprint density at radius 2 is 1.43 bits per heavy atom. The Morgan fingerprint density at radius 1 is 0.829 bits per heavy atom. The van der Waals surface area contributed by atoms with Gasteiger partial charge in [0.15, 0.2) is 6.79 Å². The summed E-state index contributed by atoms with van der Waals surface area (Å²) in [6, 6.07) is 24.3. The number of carbonyl (C=O) groups is 1. The fraction of sp³-hybridized carbons (Fsp3) is 0.345. The molecule has 0 heterocycles. The van der Waals surface area contributed by atoms with E-state index in [9.17, 15) is 4.79 Å². The molecule has 0 N–H and O–H groups in total. The average molecular weight is 515 g/mol. The molecule has 0 amide bonds. The zero-order valence-corrected chi connectivity index (χ0v) is 21.5. The van der Waals surface area contributed by atoms with Crippen LogP contribution in [0.2, 0.25) is 10.0 Å². The average Bonchev–Trinajstić information content (AvgIpc) is 2.90. The van der Waals surface area contributed by atoms with Crippen LogP contribution in [0, 0.1) is 18.8 Å². The minimum Gasteiger partial charge on any atom is -0.468 e. The number of esters is 1. The van der Waals surface area contributed by atoms with Crippen LogP contribution in [0.5, 0.6) is 5.75 Å². The highest BCUT2D eigenvalue weighted by molar-refractivity contribution is 6.35. The molecule has 1 aliphatic rings. The van der Waals surface area contributed by atoms with Crippen LogP contribution in [-0.2, 0) is 9.47 Å². The second-order valence-electron chi connectivity index (χ2n) is 8.69. The summed E-state index contributed by atoms with van der Waals surface area (Å²) >= 11 is 11.4. The lowest BCUT2D eigenvalue weighted by Crippen LogP contribution is -2.23. The van der Waals surface area contributed by atoms with Crippen LogP contribution in [0.25, 0.3) is 0 Å². The monoisotopic (exact) mass is 514 g/mol. The van der Waals surface area contributed by atoms with Gasteiger partial charge in [0.05, 0.1) is 18.8 Å². The van der Waals surface area contributed by atoms with Gasteiger partial charge in [-0.3, -0.25) is 0 Å². The van der Waals surface area contributed by atoms with Gasteiger partial charge >= 0.3 is 5.97 Å². The van der Waals surface area contributed by atoms with Crippen molar-refractivity contribution in [2.45, 2.75) is 32.6 Å². The van der Waals surface area contributed by atoms with Crippen molar-refractivity contribution < 1.29 is 19.0 Å². The maximum absolute atomic E-state index is 12.0. The summed E-state index contributed by atoms with van der Waals surface area (Å²) in [5.74, 6) is 1.63. The summed E-state index contributed by atoms with van der Waals surface area (Å²) in [4.78, 5) is 12.0. The molecule has 4 nitrogen and oxygen atoms in total. The summed E-state index contributed by atoms with van der Waals surface area (Å²) in [5, 5.41) is 1.41. The van der Waals surface area contributed by atoms with Crippen LogP contribution in [0.4, 0.5) is 0 Å². The van der Waals surface area contributed by atoms with E-state index in [1.54, 1.807) is 18.2 Å². The molecular weight excluding hydrogens is 483 g/mol. The topological polar surface area (TPSA) is 44.8 Å². The first kappa shape index (κ1) is 27.1. The molecule has 6 heteroatoms. The van der Waals surface area contributed by atoms with Crippen molar-refractivity contribution in [3.05, 3.63) is 100 Å². The summed E-state index contributed by atoms with van der Waals surface area (Å²) in [6.45, 7) is 3.47. The first-order valence-electron chi connectivity index (χ1n) is 11.9. The molecule has 0 bridgehead atoms. The van der Waals surface area contributed by atoms with Crippen molar-refractivity contribution >= 4 is 29.2 Å². The summed E-state index contributed by atoms with van der Waals surface area (Å²) < 4.78 is 16.7. The molecular formula is C29H32Cl2O4. The number of hydrogen-bond donors (Lipinski definition) is 0. The highest BCUT2D eigenvalue weighted by Gasteiger charge is 2.22. The third-order valence-electron chi connectivity index (χ3n) is 5.97. The fourth-order valence-electron chi connectivity index (χ4n) is 3.82. The number of rotatable bonds is 8. The first-order valence-corrected chi connectivity index (χ1v) is 12.7. The van der Waals surface area contributed by atoms with E-state index in [4.69, 9.17) is 37.4 Å². The summed E-state index contributed by atoms with van der Waals surface area (Å²) in [5.41, 5.74) is 1.68. The van der Waals surface area contributed by atoms with Crippen LogP contribution < -0.4 is 4.74 Å². The van der Waals surface area contributed by atoms with Crippen LogP contribution in [0.15, 0.2) is 78.9 Å². The lowest BCUT2D eigenvalue weighted by Gasteiger charge is -2.28. The van der Waals surface area contributed by atoms with Crippen molar-refractivity contribution in [3.8, 4) is 5.75 Å². The van der Waals surface area contributed by atoms with Gasteiger partial charge in [0.25, 0.3) is 0 Å². The lowest BCUT2D eigenvalue weighted by atomic mass is 9.83. The third kappa shape index (κ3) is 9.93. The number of hydrogen-bond acceptors (Lipinski definition) is 4. The molecule has 0 saturated heterocycles. The molecule has 0 atom stereocenters. The number of aryl methyl sites for hydroxylation is 1. The molecule has 3 aromatic rings. The van der Waals surface area contributed by atoms with E-state index in [0.29, 0.717) is 35.8 Å². The van der Waals surface area contributed by atoms with Crippen molar-refractivity contribution in [3.63, 3.8) is 0 Å². The molecule has 0 radical (unpaired) electrons. The first-order chi connectivity index (χ1) is 17.0. The molecule has 0 aromatic heterocycles. The van der Waals surface area contributed by atoms with E-state index in [0.717, 1.165) is 48.6 Å². The molecule has 0 aliphatic heterocycles. The van der Waals surface area contributed by atoms with Gasteiger partial charge in [-0.1, -0.05) is 65.7 Å². The molecule has 35 heavy (non-hydrogen) atoms. The molecule has 0 unspecified atom stereocenters. The van der Waals surface area contributed by atoms with E-state index >= 15 is 0 Å². The lowest BCUT2D eigenvalue weighted by molar-refractivity contribution is -0.0132. The third-order valence-corrected chi connectivity index (χ3v) is 6.61. The Labute approximate surface area is 218 Å². The van der Waals surface area contributed by atoms with Gasteiger partial charge in [0, 0.05) is 10.0 Å². The van der Waals surface area contributed by atoms with Crippen molar-refractivity contribution in [1.82, 2.24) is 0 Å². The Morgan fingerprint density at radius 3 is 2.03 bits per heavy atom. The van der Waals surface area contributed by atoms with Gasteiger partial charge in [-0.2, -0.15) is 0 Å². The largest absolute Gasteiger partial charge is 0.468 e. The zero-order valence-electron chi connectivity index (χ0n) is 20.0. The Kier molecular flexibility index (Phi) is 11.4. The SMILES string of the molecule is Cc1ccc(Cl)cc1Cl.O=C(OCC1CCC(COCOc2ccccc2)CC1)c1ccccc1. The molecule has 186 valence electrons. The van der Waals surface area contributed by atoms with Crippen LogP contribution >= 0.6 is 23.2 Å². The number of halogens is 2. The van der Waals surface area contributed by atoms with Gasteiger partial charge in [-0.25, -0.2) is 4.79 Å². The second kappa shape index (κ2) is 14.8. The second-order valence-corrected chi connectivity index (χ2v) is 9.53. The molecule has 1 saturated carbocycles. The number of benzene rings is 3. The van der Waals surface area contributed by atoms with Gasteiger partial charge in [-0.15, -0.1) is 0 Å². The van der Waals surface area contributed by atoms with Gasteiger partial charge in [0.2, 0.25) is 0 Å². The number of para-hydroxylation sites is 1. The predicted octanol–water partition coefficient (Wildman–Crippen LogP) is 8.00. The zero-order chi connectivity index (χ0) is 24.9. The highest BCUT2D eigenvalue weighted by atomic mass is 35.5. The quantitative estimate of drug-likeness (QED) is 0.173. The maximum atomic E-state index is 12.0. The van der Waals surface area contributed by atoms with E-state index in [1.807, 2.05) is 67.6 Å². The van der Waals surface area contributed by atoms with E-state index in [2.05, 4.69) is 0 Å². The summed E-state index contributed by atoms with van der Waals surface area (Å²) in [7, 11) is 0. The van der Waals surface area contributed by atoms with Crippen molar-refractivity contribution in [2.24, 2.45) is 11.8 Å². The summed E-state index contributed by atoms with van der Waals surface area (Å²) in [6.07, 6.45) is 4.38. The van der Waals surface area contributed by atoms with Crippen LogP contribution in [0.1, 0.15) is 41.6 Å². The molecule has 1 aliphatic carbocycles. The van der Waals surface area contributed by atoms with Gasteiger partial charge in [-0.05, 0) is 86.4 Å².